The zero-order valence-corrected chi connectivity index (χ0v) is 18.3. The van der Waals surface area contributed by atoms with E-state index >= 15 is 0 Å². The molecule has 0 atom stereocenters. The van der Waals surface area contributed by atoms with Gasteiger partial charge in [-0.2, -0.15) is 5.10 Å². The molecule has 1 heterocycles. The highest BCUT2D eigenvalue weighted by molar-refractivity contribution is 7.80. The third-order valence-electron chi connectivity index (χ3n) is 3.71. The molecular formula is C18H14Cl4N4OS. The fourth-order valence-electron chi connectivity index (χ4n) is 2.43. The van der Waals surface area contributed by atoms with E-state index in [2.05, 4.69) is 15.7 Å². The summed E-state index contributed by atoms with van der Waals surface area (Å²) in [7, 11) is 1.56. The zero-order chi connectivity index (χ0) is 20.3. The van der Waals surface area contributed by atoms with Gasteiger partial charge in [-0.05, 0) is 48.1 Å². The minimum Gasteiger partial charge on any atom is -0.495 e. The van der Waals surface area contributed by atoms with Gasteiger partial charge in [-0.15, -0.1) is 0 Å². The number of ether oxygens (including phenoxy) is 1. The monoisotopic (exact) mass is 474 g/mol. The zero-order valence-electron chi connectivity index (χ0n) is 14.5. The van der Waals surface area contributed by atoms with Crippen LogP contribution in [0.25, 0.3) is 0 Å². The molecule has 2 aromatic carbocycles. The van der Waals surface area contributed by atoms with Crippen molar-refractivity contribution in [1.82, 2.24) is 9.78 Å². The standard InChI is InChI=1S/C18H14Cl4N4OS/c1-27-16-5-4-12(20)7-15(16)23-18(28)24-17-14(22)9-26(25-17)8-10-2-3-11(19)6-13(10)21/h2-7,9H,8H2,1H3,(H2,23,24,25,28). The van der Waals surface area contributed by atoms with Crippen molar-refractivity contribution in [3.05, 3.63) is 68.2 Å². The van der Waals surface area contributed by atoms with Gasteiger partial charge < -0.3 is 15.4 Å². The van der Waals surface area contributed by atoms with Crippen LogP contribution in [0.4, 0.5) is 11.5 Å². The summed E-state index contributed by atoms with van der Waals surface area (Å²) in [6.07, 6.45) is 1.68. The Kier molecular flexibility index (Phi) is 6.91. The van der Waals surface area contributed by atoms with E-state index in [4.69, 9.17) is 63.4 Å². The van der Waals surface area contributed by atoms with Crippen LogP contribution < -0.4 is 15.4 Å². The molecule has 0 saturated carbocycles. The van der Waals surface area contributed by atoms with Crippen LogP contribution in [0.5, 0.6) is 5.75 Å². The average Bonchev–Trinajstić information content (AvgIpc) is 2.96. The maximum atomic E-state index is 6.27. The van der Waals surface area contributed by atoms with Gasteiger partial charge in [-0.25, -0.2) is 0 Å². The number of rotatable bonds is 5. The lowest BCUT2D eigenvalue weighted by molar-refractivity contribution is 0.417. The number of thiocarbonyl (C=S) groups is 1. The Morgan fingerprint density at radius 3 is 2.46 bits per heavy atom. The lowest BCUT2D eigenvalue weighted by atomic mass is 10.2. The van der Waals surface area contributed by atoms with Gasteiger partial charge >= 0.3 is 0 Å². The number of halogens is 4. The molecule has 146 valence electrons. The van der Waals surface area contributed by atoms with Gasteiger partial charge in [0.15, 0.2) is 10.9 Å². The molecule has 28 heavy (non-hydrogen) atoms. The topological polar surface area (TPSA) is 51.1 Å². The highest BCUT2D eigenvalue weighted by Gasteiger charge is 2.12. The number of nitrogens with one attached hydrogen (secondary N) is 2. The van der Waals surface area contributed by atoms with E-state index in [1.165, 1.54) is 0 Å². The van der Waals surface area contributed by atoms with E-state index < -0.39 is 0 Å². The number of anilines is 2. The summed E-state index contributed by atoms with van der Waals surface area (Å²) >= 11 is 29.8. The first kappa shape index (κ1) is 21.0. The molecule has 0 aliphatic carbocycles. The number of benzene rings is 2. The van der Waals surface area contributed by atoms with Crippen molar-refractivity contribution in [2.24, 2.45) is 0 Å². The van der Waals surface area contributed by atoms with Crippen LogP contribution in [0.1, 0.15) is 5.56 Å². The second-order valence-corrected chi connectivity index (χ2v) is 7.78. The van der Waals surface area contributed by atoms with Gasteiger partial charge in [0.05, 0.1) is 19.3 Å². The normalized spacial score (nSPS) is 10.6. The van der Waals surface area contributed by atoms with E-state index in [0.29, 0.717) is 43.9 Å². The molecule has 2 N–H and O–H groups in total. The van der Waals surface area contributed by atoms with Gasteiger partial charge in [0.25, 0.3) is 0 Å². The van der Waals surface area contributed by atoms with E-state index in [1.807, 2.05) is 6.07 Å². The second-order valence-electron chi connectivity index (χ2n) is 5.68. The van der Waals surface area contributed by atoms with E-state index in [-0.39, 0.29) is 5.11 Å². The van der Waals surface area contributed by atoms with Gasteiger partial charge in [-0.1, -0.05) is 52.5 Å². The first-order chi connectivity index (χ1) is 13.4. The number of hydrogen-bond donors (Lipinski definition) is 2. The van der Waals surface area contributed by atoms with Crippen molar-refractivity contribution in [3.8, 4) is 5.75 Å². The van der Waals surface area contributed by atoms with Gasteiger partial charge in [-0.3, -0.25) is 4.68 Å². The number of aromatic nitrogens is 2. The lowest BCUT2D eigenvalue weighted by Gasteiger charge is -2.13. The van der Waals surface area contributed by atoms with E-state index in [1.54, 1.807) is 48.3 Å². The van der Waals surface area contributed by atoms with Crippen molar-refractivity contribution in [1.29, 1.82) is 0 Å². The summed E-state index contributed by atoms with van der Waals surface area (Å²) in [5, 5.41) is 12.8. The van der Waals surface area contributed by atoms with Gasteiger partial charge in [0.2, 0.25) is 0 Å². The number of methoxy groups -OCH3 is 1. The Balaban J connectivity index is 1.71. The molecule has 3 rings (SSSR count). The van der Waals surface area contributed by atoms with Crippen molar-refractivity contribution in [3.63, 3.8) is 0 Å². The molecule has 10 heteroatoms. The minimum absolute atomic E-state index is 0.289. The Morgan fingerprint density at radius 2 is 1.75 bits per heavy atom. The minimum atomic E-state index is 0.289. The van der Waals surface area contributed by atoms with Gasteiger partial charge in [0, 0.05) is 21.3 Å². The van der Waals surface area contributed by atoms with Crippen LogP contribution in [0.3, 0.4) is 0 Å². The van der Waals surface area contributed by atoms with Crippen LogP contribution >= 0.6 is 58.6 Å². The van der Waals surface area contributed by atoms with Crippen molar-refractivity contribution in [2.75, 3.05) is 17.7 Å². The summed E-state index contributed by atoms with van der Waals surface area (Å²) in [5.74, 6) is 1.01. The van der Waals surface area contributed by atoms with Crippen LogP contribution in [-0.4, -0.2) is 22.0 Å². The molecule has 1 aromatic heterocycles. The summed E-state index contributed by atoms with van der Waals surface area (Å²) in [5.41, 5.74) is 1.48. The Hall–Kier alpha value is -1.70. The van der Waals surface area contributed by atoms with Crippen LogP contribution in [-0.2, 0) is 6.54 Å². The molecule has 0 aliphatic rings. The second kappa shape index (κ2) is 9.20. The van der Waals surface area contributed by atoms with Crippen molar-refractivity contribution >= 4 is 75.2 Å². The molecule has 0 bridgehead atoms. The highest BCUT2D eigenvalue weighted by Crippen LogP contribution is 2.28. The molecule has 3 aromatic rings. The Bertz CT molecular complexity index is 1020. The Morgan fingerprint density at radius 1 is 1.04 bits per heavy atom. The molecule has 0 radical (unpaired) electrons. The molecule has 0 aliphatic heterocycles. The average molecular weight is 476 g/mol. The fourth-order valence-corrected chi connectivity index (χ4v) is 3.47. The molecule has 0 fully saturated rings. The third-order valence-corrected chi connectivity index (χ3v) is 5.01. The smallest absolute Gasteiger partial charge is 0.176 e. The largest absolute Gasteiger partial charge is 0.495 e. The first-order valence-corrected chi connectivity index (χ1v) is 9.86. The molecule has 0 spiro atoms. The third kappa shape index (κ3) is 5.21. The predicted octanol–water partition coefficient (Wildman–Crippen LogP) is 6.36. The maximum Gasteiger partial charge on any atom is 0.176 e. The molecule has 5 nitrogen and oxygen atoms in total. The SMILES string of the molecule is COc1ccc(Cl)cc1NC(=S)Nc1nn(Cc2ccc(Cl)cc2Cl)cc1Cl. The van der Waals surface area contributed by atoms with Crippen LogP contribution in [0.2, 0.25) is 20.1 Å². The maximum absolute atomic E-state index is 6.27. The fraction of sp³-hybridized carbons (Fsp3) is 0.111. The highest BCUT2D eigenvalue weighted by atomic mass is 35.5. The molecular weight excluding hydrogens is 462 g/mol. The van der Waals surface area contributed by atoms with Crippen molar-refractivity contribution in [2.45, 2.75) is 6.54 Å². The van der Waals surface area contributed by atoms with Crippen LogP contribution in [0.15, 0.2) is 42.6 Å². The quantitative estimate of drug-likeness (QED) is 0.420. The number of hydrogen-bond acceptors (Lipinski definition) is 3. The van der Waals surface area contributed by atoms with Crippen molar-refractivity contribution < 1.29 is 4.74 Å². The lowest BCUT2D eigenvalue weighted by Crippen LogP contribution is -2.20. The van der Waals surface area contributed by atoms with E-state index in [0.717, 1.165) is 5.56 Å². The Labute approximate surface area is 187 Å². The van der Waals surface area contributed by atoms with Crippen LogP contribution in [0, 0.1) is 0 Å². The summed E-state index contributed by atoms with van der Waals surface area (Å²) in [6.45, 7) is 0.430. The molecule has 0 saturated heterocycles. The first-order valence-electron chi connectivity index (χ1n) is 7.94. The number of nitrogens with zero attached hydrogens (tertiary/aromatic N) is 2. The molecule has 0 unspecified atom stereocenters. The summed E-state index contributed by atoms with van der Waals surface area (Å²) in [4.78, 5) is 0. The van der Waals surface area contributed by atoms with Gasteiger partial charge in [0.1, 0.15) is 10.8 Å². The molecule has 0 amide bonds. The summed E-state index contributed by atoms with van der Waals surface area (Å²) < 4.78 is 6.94. The summed E-state index contributed by atoms with van der Waals surface area (Å²) in [6, 6.07) is 10.5. The van der Waals surface area contributed by atoms with E-state index in [9.17, 15) is 0 Å². The predicted molar refractivity (Wildman–Crippen MR) is 121 cm³/mol.